The van der Waals surface area contributed by atoms with Crippen molar-refractivity contribution in [1.29, 1.82) is 0 Å². The van der Waals surface area contributed by atoms with Crippen molar-refractivity contribution in [3.05, 3.63) is 180 Å². The first-order valence-corrected chi connectivity index (χ1v) is 15.8. The van der Waals surface area contributed by atoms with Gasteiger partial charge in [-0.05, 0) is 73.5 Å². The zero-order chi connectivity index (χ0) is 29.5. The van der Waals surface area contributed by atoms with Crippen LogP contribution in [0.4, 0.5) is 0 Å². The van der Waals surface area contributed by atoms with Gasteiger partial charge >= 0.3 is 0 Å². The predicted octanol–water partition coefficient (Wildman–Crippen LogP) is 10.4. The van der Waals surface area contributed by atoms with Crippen molar-refractivity contribution >= 4 is 21.5 Å². The maximum atomic E-state index is 5.22. The minimum Gasteiger partial charge on any atom is -0.232 e. The van der Waals surface area contributed by atoms with Crippen molar-refractivity contribution in [2.24, 2.45) is 0 Å². The molecule has 2 nitrogen and oxygen atoms in total. The number of aromatic nitrogens is 2. The Balaban J connectivity index is 1.26. The Hall–Kier alpha value is -5.60. The molecule has 0 radical (unpaired) electrons. The molecular formula is C43H28N2. The highest BCUT2D eigenvalue weighted by Gasteiger charge is 2.50. The maximum Gasteiger partial charge on any atom is 0.160 e. The van der Waals surface area contributed by atoms with Gasteiger partial charge in [0.15, 0.2) is 5.82 Å². The molecule has 7 aromatic rings. The second kappa shape index (κ2) is 9.20. The molecule has 0 amide bonds. The van der Waals surface area contributed by atoms with Crippen LogP contribution in [0.1, 0.15) is 40.3 Å². The molecule has 0 fully saturated rings. The quantitative estimate of drug-likeness (QED) is 0.197. The molecule has 0 N–H and O–H groups in total. The summed E-state index contributed by atoms with van der Waals surface area (Å²) in [6, 6.07) is 46.9. The van der Waals surface area contributed by atoms with Crippen LogP contribution in [0.2, 0.25) is 0 Å². The van der Waals surface area contributed by atoms with E-state index in [1.54, 1.807) is 0 Å². The summed E-state index contributed by atoms with van der Waals surface area (Å²) in [6.07, 6.45) is 9.68. The molecular weight excluding hydrogens is 544 g/mol. The molecule has 1 heterocycles. The van der Waals surface area contributed by atoms with Crippen molar-refractivity contribution in [3.8, 4) is 33.8 Å². The van der Waals surface area contributed by atoms with Crippen molar-refractivity contribution in [2.45, 2.75) is 17.8 Å². The van der Waals surface area contributed by atoms with Crippen LogP contribution in [0, 0.1) is 0 Å². The standard InChI is InChI=1S/C43H28N2/c1-3-11-27(12-4-1)38-26-39(45-42(44-38)30-13-5-2-6-14-30)31-23-24-33-32-17-7-8-18-34(32)43(37(33)25-31)35-19-9-15-28-21-22-29-16-10-20-36(43)41(29)40(28)35/h1-11,13-27H,12H2. The Bertz CT molecular complexity index is 2350. The third-order valence-corrected chi connectivity index (χ3v) is 10.2. The first kappa shape index (κ1) is 24.8. The lowest BCUT2D eigenvalue weighted by Gasteiger charge is -2.31. The molecule has 3 aliphatic carbocycles. The zero-order valence-corrected chi connectivity index (χ0v) is 24.6. The first-order valence-electron chi connectivity index (χ1n) is 15.8. The molecule has 45 heavy (non-hydrogen) atoms. The SMILES string of the molecule is C1=CCC(c2cc(-c3ccc4c(c3)C3(c5ccccc5-4)c4cccc5ccc6cccc3c6c45)nc(-c3ccccc3)n2)C=C1. The summed E-state index contributed by atoms with van der Waals surface area (Å²) in [7, 11) is 0. The van der Waals surface area contributed by atoms with Crippen LogP contribution in [0.5, 0.6) is 0 Å². The van der Waals surface area contributed by atoms with Crippen LogP contribution in [-0.4, -0.2) is 9.97 Å². The Morgan fingerprint density at radius 1 is 0.533 bits per heavy atom. The topological polar surface area (TPSA) is 25.8 Å². The summed E-state index contributed by atoms with van der Waals surface area (Å²) in [5, 5.41) is 5.36. The largest absolute Gasteiger partial charge is 0.232 e. The van der Waals surface area contributed by atoms with Gasteiger partial charge in [-0.1, -0.05) is 140 Å². The minimum absolute atomic E-state index is 0.226. The lowest BCUT2D eigenvalue weighted by molar-refractivity contribution is 0.797. The zero-order valence-electron chi connectivity index (χ0n) is 24.6. The monoisotopic (exact) mass is 572 g/mol. The van der Waals surface area contributed by atoms with E-state index in [0.29, 0.717) is 0 Å². The van der Waals surface area contributed by atoms with Gasteiger partial charge in [-0.2, -0.15) is 0 Å². The van der Waals surface area contributed by atoms with Crippen LogP contribution in [-0.2, 0) is 5.41 Å². The molecule has 0 saturated heterocycles. The predicted molar refractivity (Wildman–Crippen MR) is 184 cm³/mol. The molecule has 1 atom stereocenters. The van der Waals surface area contributed by atoms with Gasteiger partial charge in [0.2, 0.25) is 0 Å². The van der Waals surface area contributed by atoms with E-state index in [4.69, 9.17) is 9.97 Å². The average Bonchev–Trinajstić information content (AvgIpc) is 3.59. The molecule has 6 aromatic carbocycles. The number of benzene rings is 6. The minimum atomic E-state index is -0.389. The molecule has 0 saturated carbocycles. The number of nitrogens with zero attached hydrogens (tertiary/aromatic N) is 2. The highest BCUT2D eigenvalue weighted by atomic mass is 14.9. The van der Waals surface area contributed by atoms with E-state index in [1.165, 1.54) is 54.9 Å². The van der Waals surface area contributed by atoms with Gasteiger partial charge in [0.25, 0.3) is 0 Å². The summed E-state index contributed by atoms with van der Waals surface area (Å²) >= 11 is 0. The van der Waals surface area contributed by atoms with Gasteiger partial charge < -0.3 is 0 Å². The van der Waals surface area contributed by atoms with Crippen LogP contribution < -0.4 is 0 Å². The molecule has 0 aliphatic heterocycles. The normalized spacial score (nSPS) is 16.6. The summed E-state index contributed by atoms with van der Waals surface area (Å²) in [5.41, 5.74) is 11.8. The number of hydrogen-bond acceptors (Lipinski definition) is 2. The molecule has 2 heteroatoms. The number of rotatable bonds is 3. The van der Waals surface area contributed by atoms with E-state index in [0.717, 1.165) is 34.8 Å². The van der Waals surface area contributed by atoms with Crippen LogP contribution in [0.25, 0.3) is 55.3 Å². The Morgan fingerprint density at radius 2 is 1.24 bits per heavy atom. The van der Waals surface area contributed by atoms with Gasteiger partial charge in [-0.25, -0.2) is 9.97 Å². The highest BCUT2D eigenvalue weighted by Crippen LogP contribution is 2.62. The van der Waals surface area contributed by atoms with E-state index >= 15 is 0 Å². The van der Waals surface area contributed by atoms with E-state index in [2.05, 4.69) is 146 Å². The second-order valence-electron chi connectivity index (χ2n) is 12.5. The fraction of sp³-hybridized carbons (Fsp3) is 0.0698. The molecule has 0 bridgehead atoms. The average molecular weight is 573 g/mol. The molecule has 1 spiro atoms. The van der Waals surface area contributed by atoms with Gasteiger partial charge in [-0.15, -0.1) is 0 Å². The maximum absolute atomic E-state index is 5.22. The van der Waals surface area contributed by atoms with E-state index in [-0.39, 0.29) is 11.3 Å². The number of hydrogen-bond donors (Lipinski definition) is 0. The van der Waals surface area contributed by atoms with Crippen molar-refractivity contribution in [3.63, 3.8) is 0 Å². The Kier molecular flexibility index (Phi) is 5.07. The number of fused-ring (bicyclic) bond motifs is 7. The lowest BCUT2D eigenvalue weighted by Crippen LogP contribution is -2.26. The summed E-state index contributed by atoms with van der Waals surface area (Å²) < 4.78 is 0. The van der Waals surface area contributed by atoms with E-state index in [9.17, 15) is 0 Å². The molecule has 3 aliphatic rings. The summed E-state index contributed by atoms with van der Waals surface area (Å²) in [4.78, 5) is 10.3. The van der Waals surface area contributed by atoms with E-state index in [1.807, 2.05) is 6.07 Å². The Labute approximate surface area is 262 Å². The first-order chi connectivity index (χ1) is 22.3. The van der Waals surface area contributed by atoms with Crippen molar-refractivity contribution in [1.82, 2.24) is 9.97 Å². The molecule has 1 aromatic heterocycles. The molecule has 210 valence electrons. The fourth-order valence-electron chi connectivity index (χ4n) is 8.26. The second-order valence-corrected chi connectivity index (χ2v) is 12.5. The molecule has 1 unspecified atom stereocenters. The van der Waals surface area contributed by atoms with Crippen molar-refractivity contribution < 1.29 is 0 Å². The summed E-state index contributed by atoms with van der Waals surface area (Å²) in [5.74, 6) is 0.996. The van der Waals surface area contributed by atoms with Crippen LogP contribution in [0.3, 0.4) is 0 Å². The third kappa shape index (κ3) is 3.34. The third-order valence-electron chi connectivity index (χ3n) is 10.2. The van der Waals surface area contributed by atoms with Crippen LogP contribution >= 0.6 is 0 Å². The van der Waals surface area contributed by atoms with E-state index < -0.39 is 0 Å². The van der Waals surface area contributed by atoms with Crippen molar-refractivity contribution in [2.75, 3.05) is 0 Å². The van der Waals surface area contributed by atoms with Gasteiger partial charge in [0.05, 0.1) is 16.8 Å². The van der Waals surface area contributed by atoms with Gasteiger partial charge in [-0.3, -0.25) is 0 Å². The smallest absolute Gasteiger partial charge is 0.160 e. The summed E-state index contributed by atoms with van der Waals surface area (Å²) in [6.45, 7) is 0. The van der Waals surface area contributed by atoms with Gasteiger partial charge in [0.1, 0.15) is 0 Å². The van der Waals surface area contributed by atoms with Gasteiger partial charge in [0, 0.05) is 17.0 Å². The number of allylic oxidation sites excluding steroid dienone is 4. The van der Waals surface area contributed by atoms with Crippen LogP contribution in [0.15, 0.2) is 152 Å². The Morgan fingerprint density at radius 3 is 2.00 bits per heavy atom. The lowest BCUT2D eigenvalue weighted by atomic mass is 9.70. The molecule has 10 rings (SSSR count). The highest BCUT2D eigenvalue weighted by molar-refractivity contribution is 6.17. The fourth-order valence-corrected chi connectivity index (χ4v) is 8.26.